The molecule has 1 N–H and O–H groups in total. The van der Waals surface area contributed by atoms with E-state index in [2.05, 4.69) is 5.32 Å². The minimum Gasteiger partial charge on any atom is -0.303 e. The zero-order valence-electron chi connectivity index (χ0n) is 9.24. The molecule has 1 aliphatic heterocycles. The normalized spacial score (nSPS) is 17.8. The third-order valence-electron chi connectivity index (χ3n) is 2.48. The molecule has 2 rings (SSSR count). The van der Waals surface area contributed by atoms with Crippen molar-refractivity contribution in [3.05, 3.63) is 40.5 Å². The van der Waals surface area contributed by atoms with E-state index >= 15 is 0 Å². The topological polar surface area (TPSA) is 49.4 Å². The van der Waals surface area contributed by atoms with Gasteiger partial charge in [-0.25, -0.2) is 4.79 Å². The number of carbonyl (C=O) groups excluding carboxylic acids is 2. The van der Waals surface area contributed by atoms with Gasteiger partial charge < -0.3 is 5.32 Å². The highest BCUT2D eigenvalue weighted by Crippen LogP contribution is 2.20. The summed E-state index contributed by atoms with van der Waals surface area (Å²) in [7, 11) is 0. The molecule has 0 atom stereocenters. The van der Waals surface area contributed by atoms with Crippen LogP contribution in [0.4, 0.5) is 4.79 Å². The first-order valence-corrected chi connectivity index (χ1v) is 5.60. The molecule has 0 saturated carbocycles. The Morgan fingerprint density at radius 2 is 2.06 bits per heavy atom. The van der Waals surface area contributed by atoms with Crippen LogP contribution in [0.3, 0.4) is 0 Å². The highest BCUT2D eigenvalue weighted by Gasteiger charge is 2.31. The van der Waals surface area contributed by atoms with Crippen LogP contribution in [0.1, 0.15) is 12.5 Å². The Morgan fingerprint density at radius 3 is 2.65 bits per heavy atom. The summed E-state index contributed by atoms with van der Waals surface area (Å²) in [6.45, 7) is 2.10. The summed E-state index contributed by atoms with van der Waals surface area (Å²) >= 11 is 5.97. The summed E-state index contributed by atoms with van der Waals surface area (Å²) in [5.41, 5.74) is 0.959. The number of likely N-dealkylation sites (N-methyl/N-ethyl adjacent to an activating group) is 1. The molecule has 0 unspecified atom stereocenters. The van der Waals surface area contributed by atoms with Gasteiger partial charge in [0.1, 0.15) is 5.70 Å². The third-order valence-corrected chi connectivity index (χ3v) is 2.83. The first kappa shape index (κ1) is 11.7. The summed E-state index contributed by atoms with van der Waals surface area (Å²) in [6, 6.07) is 6.74. The number of carbonyl (C=O) groups is 2. The molecule has 0 spiro atoms. The van der Waals surface area contributed by atoms with Crippen LogP contribution >= 0.6 is 11.6 Å². The van der Waals surface area contributed by atoms with Gasteiger partial charge in [0.2, 0.25) is 0 Å². The summed E-state index contributed by atoms with van der Waals surface area (Å²) in [5.74, 6) is -0.322. The van der Waals surface area contributed by atoms with Crippen LogP contribution in [0, 0.1) is 0 Å². The minimum atomic E-state index is -0.393. The number of hydrogen-bond acceptors (Lipinski definition) is 2. The quantitative estimate of drug-likeness (QED) is 0.647. The maximum Gasteiger partial charge on any atom is 0.328 e. The van der Waals surface area contributed by atoms with Crippen molar-refractivity contribution in [3.8, 4) is 0 Å². The number of amides is 3. The van der Waals surface area contributed by atoms with Crippen molar-refractivity contribution in [3.63, 3.8) is 0 Å². The lowest BCUT2D eigenvalue weighted by atomic mass is 10.2. The van der Waals surface area contributed by atoms with Crippen LogP contribution in [0.5, 0.6) is 0 Å². The molecule has 1 heterocycles. The van der Waals surface area contributed by atoms with E-state index < -0.39 is 6.03 Å². The summed E-state index contributed by atoms with van der Waals surface area (Å²) in [4.78, 5) is 24.4. The van der Waals surface area contributed by atoms with Crippen LogP contribution < -0.4 is 5.32 Å². The zero-order valence-corrected chi connectivity index (χ0v) is 9.99. The Bertz CT molecular complexity index is 511. The summed E-state index contributed by atoms with van der Waals surface area (Å²) < 4.78 is 0. The second-order valence-corrected chi connectivity index (χ2v) is 3.97. The molecule has 1 saturated heterocycles. The van der Waals surface area contributed by atoms with Crippen LogP contribution in [0.15, 0.2) is 30.0 Å². The van der Waals surface area contributed by atoms with Gasteiger partial charge in [0.15, 0.2) is 0 Å². The molecular weight excluding hydrogens is 240 g/mol. The molecule has 0 aromatic heterocycles. The Hall–Kier alpha value is -1.81. The maximum absolute atomic E-state index is 11.8. The first-order chi connectivity index (χ1) is 8.13. The van der Waals surface area contributed by atoms with Gasteiger partial charge in [0.05, 0.1) is 0 Å². The molecule has 1 aromatic carbocycles. The van der Waals surface area contributed by atoms with Crippen molar-refractivity contribution in [1.29, 1.82) is 0 Å². The van der Waals surface area contributed by atoms with E-state index in [1.54, 1.807) is 31.2 Å². The summed E-state index contributed by atoms with van der Waals surface area (Å²) in [6.07, 6.45) is 1.58. The van der Waals surface area contributed by atoms with Gasteiger partial charge in [-0.2, -0.15) is 0 Å². The van der Waals surface area contributed by atoms with Crippen LogP contribution in [0.25, 0.3) is 6.08 Å². The Morgan fingerprint density at radius 1 is 1.35 bits per heavy atom. The van der Waals surface area contributed by atoms with Crippen LogP contribution in [-0.2, 0) is 4.79 Å². The fourth-order valence-electron chi connectivity index (χ4n) is 1.61. The molecule has 0 radical (unpaired) electrons. The maximum atomic E-state index is 11.8. The highest BCUT2D eigenvalue weighted by atomic mass is 35.5. The number of rotatable bonds is 2. The number of imide groups is 1. The Balaban J connectivity index is 2.34. The lowest BCUT2D eigenvalue weighted by Crippen LogP contribution is -2.30. The lowest BCUT2D eigenvalue weighted by Gasteiger charge is -2.06. The standard InChI is InChI=1S/C12H11ClN2O2/c1-2-15-11(16)10(14-12(15)17)7-8-5-3-4-6-9(8)13/h3-7H,2H2,1H3,(H,14,17)/b10-7+. The third kappa shape index (κ3) is 2.17. The van der Waals surface area contributed by atoms with Crippen molar-refractivity contribution >= 4 is 29.6 Å². The minimum absolute atomic E-state index is 0.255. The van der Waals surface area contributed by atoms with Crippen molar-refractivity contribution in [2.75, 3.05) is 6.54 Å². The second-order valence-electron chi connectivity index (χ2n) is 3.56. The molecular formula is C12H11ClN2O2. The molecule has 1 aromatic rings. The largest absolute Gasteiger partial charge is 0.328 e. The number of nitrogens with one attached hydrogen (secondary N) is 1. The second kappa shape index (κ2) is 4.59. The number of urea groups is 1. The Labute approximate surface area is 104 Å². The van der Waals surface area contributed by atoms with Gasteiger partial charge in [-0.05, 0) is 24.6 Å². The number of benzene rings is 1. The number of halogens is 1. The van der Waals surface area contributed by atoms with Crippen LogP contribution in [-0.4, -0.2) is 23.4 Å². The molecule has 0 bridgehead atoms. The van der Waals surface area contributed by atoms with Crippen molar-refractivity contribution in [2.45, 2.75) is 6.92 Å². The SMILES string of the molecule is CCN1C(=O)N/C(=C/c2ccccc2Cl)C1=O. The monoisotopic (exact) mass is 250 g/mol. The van der Waals surface area contributed by atoms with E-state index in [4.69, 9.17) is 11.6 Å². The van der Waals surface area contributed by atoms with E-state index in [0.29, 0.717) is 17.1 Å². The van der Waals surface area contributed by atoms with E-state index in [9.17, 15) is 9.59 Å². The van der Waals surface area contributed by atoms with Crippen molar-refractivity contribution in [2.24, 2.45) is 0 Å². The van der Waals surface area contributed by atoms with E-state index in [-0.39, 0.29) is 11.6 Å². The molecule has 1 fully saturated rings. The average molecular weight is 251 g/mol. The van der Waals surface area contributed by atoms with E-state index in [1.807, 2.05) is 6.07 Å². The zero-order chi connectivity index (χ0) is 12.4. The molecule has 5 heteroatoms. The van der Waals surface area contributed by atoms with Gasteiger partial charge in [0.25, 0.3) is 5.91 Å². The smallest absolute Gasteiger partial charge is 0.303 e. The lowest BCUT2D eigenvalue weighted by molar-refractivity contribution is -0.122. The highest BCUT2D eigenvalue weighted by molar-refractivity contribution is 6.32. The van der Waals surface area contributed by atoms with E-state index in [1.165, 1.54) is 0 Å². The number of nitrogens with zero attached hydrogens (tertiary/aromatic N) is 1. The number of hydrogen-bond donors (Lipinski definition) is 1. The van der Waals surface area contributed by atoms with E-state index in [0.717, 1.165) is 4.90 Å². The van der Waals surface area contributed by atoms with Crippen LogP contribution in [0.2, 0.25) is 5.02 Å². The van der Waals surface area contributed by atoms with Crippen molar-refractivity contribution in [1.82, 2.24) is 10.2 Å². The first-order valence-electron chi connectivity index (χ1n) is 5.22. The average Bonchev–Trinajstić information content (AvgIpc) is 2.57. The molecule has 3 amide bonds. The van der Waals surface area contributed by atoms with Crippen molar-refractivity contribution < 1.29 is 9.59 Å². The molecule has 4 nitrogen and oxygen atoms in total. The fourth-order valence-corrected chi connectivity index (χ4v) is 1.80. The fraction of sp³-hybridized carbons (Fsp3) is 0.167. The predicted molar refractivity (Wildman–Crippen MR) is 65.3 cm³/mol. The predicted octanol–water partition coefficient (Wildman–Crippen LogP) is 2.25. The van der Waals surface area contributed by atoms with Gasteiger partial charge in [-0.3, -0.25) is 9.69 Å². The van der Waals surface area contributed by atoms with Gasteiger partial charge in [-0.15, -0.1) is 0 Å². The van der Waals surface area contributed by atoms with Gasteiger partial charge in [0, 0.05) is 11.6 Å². The molecule has 0 aliphatic carbocycles. The summed E-state index contributed by atoms with van der Waals surface area (Å²) in [5, 5.41) is 3.06. The molecule has 88 valence electrons. The molecule has 17 heavy (non-hydrogen) atoms. The molecule has 1 aliphatic rings. The Kier molecular flexibility index (Phi) is 3.15. The van der Waals surface area contributed by atoms with Gasteiger partial charge in [-0.1, -0.05) is 29.8 Å². The van der Waals surface area contributed by atoms with Gasteiger partial charge >= 0.3 is 6.03 Å².